The van der Waals surface area contributed by atoms with Crippen LogP contribution in [0.4, 0.5) is 0 Å². The fourth-order valence-corrected chi connectivity index (χ4v) is 0.830. The predicted octanol–water partition coefficient (Wildman–Crippen LogP) is 2.88. The molecule has 11 heavy (non-hydrogen) atoms. The van der Waals surface area contributed by atoms with Crippen LogP contribution in [-0.4, -0.2) is 5.78 Å². The van der Waals surface area contributed by atoms with E-state index in [4.69, 9.17) is 0 Å². The van der Waals surface area contributed by atoms with Crippen molar-refractivity contribution in [3.8, 4) is 0 Å². The van der Waals surface area contributed by atoms with Crippen LogP contribution in [0.5, 0.6) is 0 Å². The van der Waals surface area contributed by atoms with Crippen LogP contribution in [0, 0.1) is 0 Å². The van der Waals surface area contributed by atoms with Gasteiger partial charge in [-0.3, -0.25) is 4.79 Å². The van der Waals surface area contributed by atoms with Crippen molar-refractivity contribution in [3.05, 3.63) is 24.8 Å². The Morgan fingerprint density at radius 2 is 2.18 bits per heavy atom. The van der Waals surface area contributed by atoms with E-state index in [0.29, 0.717) is 6.42 Å². The van der Waals surface area contributed by atoms with Crippen LogP contribution in [0.3, 0.4) is 0 Å². The molecule has 0 aliphatic carbocycles. The van der Waals surface area contributed by atoms with Gasteiger partial charge in [0.05, 0.1) is 0 Å². The Bertz CT molecular complexity index is 145. The summed E-state index contributed by atoms with van der Waals surface area (Å²) in [7, 11) is 0. The van der Waals surface area contributed by atoms with E-state index in [1.807, 2.05) is 13.0 Å². The summed E-state index contributed by atoms with van der Waals surface area (Å²) in [4.78, 5) is 10.7. The van der Waals surface area contributed by atoms with Gasteiger partial charge in [-0.1, -0.05) is 18.7 Å². The Kier molecular flexibility index (Phi) is 6.70. The molecule has 0 fully saturated rings. The third kappa shape index (κ3) is 7.04. The van der Waals surface area contributed by atoms with Crippen molar-refractivity contribution < 1.29 is 4.79 Å². The highest BCUT2D eigenvalue weighted by atomic mass is 16.1. The van der Waals surface area contributed by atoms with Gasteiger partial charge in [-0.05, 0) is 32.3 Å². The summed E-state index contributed by atoms with van der Waals surface area (Å²) in [6.07, 6.45) is 9.38. The van der Waals surface area contributed by atoms with Crippen LogP contribution >= 0.6 is 0 Å². The highest BCUT2D eigenvalue weighted by Gasteiger charge is 1.93. The molecule has 0 amide bonds. The van der Waals surface area contributed by atoms with Crippen LogP contribution in [0.2, 0.25) is 0 Å². The topological polar surface area (TPSA) is 17.1 Å². The van der Waals surface area contributed by atoms with Crippen molar-refractivity contribution >= 4 is 5.78 Å². The lowest BCUT2D eigenvalue weighted by molar-refractivity contribution is -0.114. The first-order valence-electron chi connectivity index (χ1n) is 4.07. The van der Waals surface area contributed by atoms with Crippen molar-refractivity contribution in [2.45, 2.75) is 32.6 Å². The Morgan fingerprint density at radius 1 is 1.45 bits per heavy atom. The Morgan fingerprint density at radius 3 is 2.73 bits per heavy atom. The Balaban J connectivity index is 3.14. The van der Waals surface area contributed by atoms with E-state index in [1.165, 1.54) is 6.08 Å². The molecule has 0 heterocycles. The lowest BCUT2D eigenvalue weighted by atomic mass is 10.1. The quantitative estimate of drug-likeness (QED) is 0.325. The molecule has 0 bridgehead atoms. The maximum Gasteiger partial charge on any atom is 0.155 e. The first kappa shape index (κ1) is 10.2. The summed E-state index contributed by atoms with van der Waals surface area (Å²) in [5.41, 5.74) is 0. The highest BCUT2D eigenvalue weighted by Crippen LogP contribution is 2.01. The molecule has 0 spiro atoms. The SMILES string of the molecule is C=CC(=O)CCCCC=CC. The molecule has 0 aromatic rings. The molecule has 0 atom stereocenters. The standard InChI is InChI=1S/C10H16O/c1-3-5-6-7-8-9-10(11)4-2/h3-5H,2,6-9H2,1H3. The molecule has 0 radical (unpaired) electrons. The maximum atomic E-state index is 10.7. The lowest BCUT2D eigenvalue weighted by Gasteiger charge is -1.93. The highest BCUT2D eigenvalue weighted by molar-refractivity contribution is 5.88. The summed E-state index contributed by atoms with van der Waals surface area (Å²) < 4.78 is 0. The summed E-state index contributed by atoms with van der Waals surface area (Å²) >= 11 is 0. The summed E-state index contributed by atoms with van der Waals surface area (Å²) in [5.74, 6) is 0.158. The number of hydrogen-bond acceptors (Lipinski definition) is 1. The van der Waals surface area contributed by atoms with E-state index in [0.717, 1.165) is 19.3 Å². The smallest absolute Gasteiger partial charge is 0.155 e. The fourth-order valence-electron chi connectivity index (χ4n) is 0.830. The van der Waals surface area contributed by atoms with E-state index >= 15 is 0 Å². The van der Waals surface area contributed by atoms with E-state index in [9.17, 15) is 4.79 Å². The number of carbonyl (C=O) groups excluding carboxylic acids is 1. The molecule has 1 heteroatoms. The van der Waals surface area contributed by atoms with Gasteiger partial charge >= 0.3 is 0 Å². The Labute approximate surface area is 68.8 Å². The molecule has 0 saturated carbocycles. The van der Waals surface area contributed by atoms with Gasteiger partial charge in [0.2, 0.25) is 0 Å². The third-order valence-corrected chi connectivity index (χ3v) is 1.51. The van der Waals surface area contributed by atoms with Crippen molar-refractivity contribution in [1.82, 2.24) is 0 Å². The first-order chi connectivity index (χ1) is 5.31. The maximum absolute atomic E-state index is 10.7. The molecule has 0 saturated heterocycles. The minimum atomic E-state index is 0.158. The van der Waals surface area contributed by atoms with Gasteiger partial charge in [-0.25, -0.2) is 0 Å². The Hall–Kier alpha value is -0.850. The van der Waals surface area contributed by atoms with Crippen LogP contribution in [0.1, 0.15) is 32.6 Å². The van der Waals surface area contributed by atoms with Crippen LogP contribution in [0.15, 0.2) is 24.8 Å². The second-order valence-electron chi connectivity index (χ2n) is 2.49. The number of ketones is 1. The largest absolute Gasteiger partial charge is 0.295 e. The molecular formula is C10H16O. The predicted molar refractivity (Wildman–Crippen MR) is 48.5 cm³/mol. The van der Waals surface area contributed by atoms with Crippen molar-refractivity contribution in [1.29, 1.82) is 0 Å². The van der Waals surface area contributed by atoms with Gasteiger partial charge < -0.3 is 0 Å². The van der Waals surface area contributed by atoms with E-state index in [1.54, 1.807) is 0 Å². The summed E-state index contributed by atoms with van der Waals surface area (Å²) in [6, 6.07) is 0. The number of carbonyl (C=O) groups is 1. The van der Waals surface area contributed by atoms with Gasteiger partial charge in [-0.2, -0.15) is 0 Å². The third-order valence-electron chi connectivity index (χ3n) is 1.51. The number of unbranched alkanes of at least 4 members (excludes halogenated alkanes) is 2. The van der Waals surface area contributed by atoms with Crippen LogP contribution in [0.25, 0.3) is 0 Å². The van der Waals surface area contributed by atoms with Gasteiger partial charge in [0.15, 0.2) is 5.78 Å². The number of hydrogen-bond donors (Lipinski definition) is 0. The lowest BCUT2D eigenvalue weighted by Crippen LogP contribution is -1.90. The van der Waals surface area contributed by atoms with E-state index < -0.39 is 0 Å². The second kappa shape index (κ2) is 7.26. The zero-order valence-electron chi connectivity index (χ0n) is 7.18. The van der Waals surface area contributed by atoms with E-state index in [2.05, 4.69) is 12.7 Å². The van der Waals surface area contributed by atoms with E-state index in [-0.39, 0.29) is 5.78 Å². The minimum Gasteiger partial charge on any atom is -0.295 e. The zero-order chi connectivity index (χ0) is 8.53. The first-order valence-corrected chi connectivity index (χ1v) is 4.07. The summed E-state index contributed by atoms with van der Waals surface area (Å²) in [5, 5.41) is 0. The minimum absolute atomic E-state index is 0.158. The van der Waals surface area contributed by atoms with Crippen LogP contribution < -0.4 is 0 Å². The normalized spacial score (nSPS) is 10.3. The molecule has 1 nitrogen and oxygen atoms in total. The van der Waals surface area contributed by atoms with Crippen LogP contribution in [-0.2, 0) is 4.79 Å². The average Bonchev–Trinajstić information content (AvgIpc) is 2.04. The second-order valence-corrected chi connectivity index (χ2v) is 2.49. The number of allylic oxidation sites excluding steroid dienone is 3. The van der Waals surface area contributed by atoms with Crippen molar-refractivity contribution in [2.24, 2.45) is 0 Å². The van der Waals surface area contributed by atoms with Gasteiger partial charge in [-0.15, -0.1) is 0 Å². The number of rotatable bonds is 6. The molecule has 62 valence electrons. The average molecular weight is 152 g/mol. The van der Waals surface area contributed by atoms with Crippen molar-refractivity contribution in [2.75, 3.05) is 0 Å². The van der Waals surface area contributed by atoms with Crippen molar-refractivity contribution in [3.63, 3.8) is 0 Å². The molecule has 0 aromatic carbocycles. The molecule has 0 aromatic heterocycles. The van der Waals surface area contributed by atoms with Gasteiger partial charge in [0.1, 0.15) is 0 Å². The molecular weight excluding hydrogens is 136 g/mol. The fraction of sp³-hybridized carbons (Fsp3) is 0.500. The van der Waals surface area contributed by atoms with Gasteiger partial charge in [0.25, 0.3) is 0 Å². The molecule has 0 aliphatic heterocycles. The van der Waals surface area contributed by atoms with Gasteiger partial charge in [0, 0.05) is 6.42 Å². The molecule has 0 rings (SSSR count). The molecule has 0 N–H and O–H groups in total. The molecule has 0 unspecified atom stereocenters. The monoisotopic (exact) mass is 152 g/mol. The zero-order valence-corrected chi connectivity index (χ0v) is 7.18. The molecule has 0 aliphatic rings. The summed E-state index contributed by atoms with van der Waals surface area (Å²) in [6.45, 7) is 5.42.